The van der Waals surface area contributed by atoms with Crippen LogP contribution < -0.4 is 4.90 Å². The highest BCUT2D eigenvalue weighted by molar-refractivity contribution is 6.74. The minimum Gasteiger partial charge on any atom is -0.468 e. The Balaban J connectivity index is 2.01. The molecular weight excluding hydrogens is 408 g/mol. The Morgan fingerprint density at radius 1 is 1.35 bits per heavy atom. The van der Waals surface area contributed by atoms with Gasteiger partial charge in [0.25, 0.3) is 0 Å². The molecule has 31 heavy (non-hydrogen) atoms. The molecule has 0 aliphatic carbocycles. The van der Waals surface area contributed by atoms with E-state index in [4.69, 9.17) is 9.16 Å². The van der Waals surface area contributed by atoms with Crippen molar-refractivity contribution in [3.05, 3.63) is 29.8 Å². The van der Waals surface area contributed by atoms with Gasteiger partial charge in [-0.05, 0) is 42.6 Å². The van der Waals surface area contributed by atoms with E-state index in [0.717, 1.165) is 24.2 Å². The van der Waals surface area contributed by atoms with E-state index in [2.05, 4.69) is 44.8 Å². The molecule has 0 aromatic heterocycles. The summed E-state index contributed by atoms with van der Waals surface area (Å²) in [7, 11) is -0.611. The normalized spacial score (nSPS) is 27.9. The summed E-state index contributed by atoms with van der Waals surface area (Å²) in [5.74, 6) is -0.459. The first-order valence-electron chi connectivity index (χ1n) is 11.1. The van der Waals surface area contributed by atoms with E-state index in [9.17, 15) is 15.2 Å². The molecule has 3 atom stereocenters. The first-order chi connectivity index (χ1) is 14.4. The molecule has 1 aromatic carbocycles. The highest BCUT2D eigenvalue weighted by atomic mass is 28.4. The summed E-state index contributed by atoms with van der Waals surface area (Å²) in [5, 5.41) is 21.8. The van der Waals surface area contributed by atoms with Crippen LogP contribution in [0.5, 0.6) is 0 Å². The highest BCUT2D eigenvalue weighted by Crippen LogP contribution is 2.54. The molecule has 0 bridgehead atoms. The third kappa shape index (κ3) is 3.79. The van der Waals surface area contributed by atoms with Crippen LogP contribution in [0, 0.1) is 11.3 Å². The lowest BCUT2D eigenvalue weighted by Gasteiger charge is -2.50. The Morgan fingerprint density at radius 2 is 2.03 bits per heavy atom. The molecule has 170 valence electrons. The SMILES string of the molecule is COC(=O)[C@@]1(CC#N)c2ccccc2N2CCC[C@@](O)(CCO[Si](C)(C)C(C)(C)C)[C@H]21. The molecule has 1 fully saturated rings. The number of esters is 1. The maximum Gasteiger partial charge on any atom is 0.319 e. The van der Waals surface area contributed by atoms with E-state index in [1.807, 2.05) is 24.3 Å². The van der Waals surface area contributed by atoms with E-state index in [1.165, 1.54) is 7.11 Å². The van der Waals surface area contributed by atoms with Gasteiger partial charge in [0.05, 0.1) is 31.2 Å². The molecule has 0 spiro atoms. The Labute approximate surface area is 187 Å². The number of para-hydroxylation sites is 1. The molecule has 2 aliphatic heterocycles. The van der Waals surface area contributed by atoms with Gasteiger partial charge in [-0.2, -0.15) is 5.26 Å². The van der Waals surface area contributed by atoms with Crippen LogP contribution in [0.15, 0.2) is 24.3 Å². The number of hydrogen-bond acceptors (Lipinski definition) is 6. The second-order valence-electron chi connectivity index (χ2n) is 10.5. The fourth-order valence-corrected chi connectivity index (χ4v) is 6.14. The van der Waals surface area contributed by atoms with Crippen LogP contribution in [0.4, 0.5) is 5.69 Å². The maximum absolute atomic E-state index is 13.3. The van der Waals surface area contributed by atoms with Gasteiger partial charge in [-0.25, -0.2) is 0 Å². The quantitative estimate of drug-likeness (QED) is 0.525. The fraction of sp³-hybridized carbons (Fsp3) is 0.667. The van der Waals surface area contributed by atoms with Crippen molar-refractivity contribution in [2.75, 3.05) is 25.2 Å². The van der Waals surface area contributed by atoms with E-state index >= 15 is 0 Å². The van der Waals surface area contributed by atoms with Crippen LogP contribution >= 0.6 is 0 Å². The summed E-state index contributed by atoms with van der Waals surface area (Å²) in [6, 6.07) is 9.35. The maximum atomic E-state index is 13.3. The van der Waals surface area contributed by atoms with Crippen LogP contribution in [-0.4, -0.2) is 51.3 Å². The van der Waals surface area contributed by atoms with Crippen molar-refractivity contribution in [2.24, 2.45) is 0 Å². The van der Waals surface area contributed by atoms with Gasteiger partial charge < -0.3 is 19.2 Å². The van der Waals surface area contributed by atoms with Crippen molar-refractivity contribution >= 4 is 20.0 Å². The van der Waals surface area contributed by atoms with Crippen LogP contribution in [-0.2, 0) is 19.4 Å². The predicted octanol–water partition coefficient (Wildman–Crippen LogP) is 4.14. The molecule has 0 saturated carbocycles. The number of benzene rings is 1. The number of nitriles is 1. The van der Waals surface area contributed by atoms with Crippen LogP contribution in [0.25, 0.3) is 0 Å². The molecule has 3 rings (SSSR count). The van der Waals surface area contributed by atoms with Crippen molar-refractivity contribution in [1.82, 2.24) is 0 Å². The molecule has 2 aliphatic rings. The molecule has 1 N–H and O–H groups in total. The molecule has 6 nitrogen and oxygen atoms in total. The summed E-state index contributed by atoms with van der Waals surface area (Å²) in [5.41, 5.74) is -0.688. The van der Waals surface area contributed by atoms with Crippen molar-refractivity contribution in [1.29, 1.82) is 5.26 Å². The Hall–Kier alpha value is -1.88. The second-order valence-corrected chi connectivity index (χ2v) is 15.3. The molecule has 0 radical (unpaired) electrons. The number of nitrogens with zero attached hydrogens (tertiary/aromatic N) is 2. The van der Waals surface area contributed by atoms with Gasteiger partial charge in [0.1, 0.15) is 5.41 Å². The molecule has 0 amide bonds. The predicted molar refractivity (Wildman–Crippen MR) is 123 cm³/mol. The van der Waals surface area contributed by atoms with Gasteiger partial charge in [0, 0.05) is 25.3 Å². The summed E-state index contributed by atoms with van der Waals surface area (Å²) < 4.78 is 11.6. The van der Waals surface area contributed by atoms with Crippen LogP contribution in [0.2, 0.25) is 18.1 Å². The summed E-state index contributed by atoms with van der Waals surface area (Å²) in [4.78, 5) is 15.4. The fourth-order valence-electron chi connectivity index (χ4n) is 5.10. The van der Waals surface area contributed by atoms with Crippen molar-refractivity contribution in [2.45, 2.75) is 81.6 Å². The van der Waals surface area contributed by atoms with Crippen molar-refractivity contribution in [3.8, 4) is 6.07 Å². The van der Waals surface area contributed by atoms with Gasteiger partial charge in [-0.15, -0.1) is 0 Å². The minimum atomic E-state index is -1.97. The average Bonchev–Trinajstić information content (AvgIpc) is 2.99. The minimum absolute atomic E-state index is 0.0384. The van der Waals surface area contributed by atoms with E-state index in [1.54, 1.807) is 0 Å². The lowest BCUT2D eigenvalue weighted by molar-refractivity contribution is -0.153. The smallest absolute Gasteiger partial charge is 0.319 e. The summed E-state index contributed by atoms with van der Waals surface area (Å²) in [6.07, 6.45) is 1.75. The zero-order valence-corrected chi connectivity index (χ0v) is 20.7. The first-order valence-corrected chi connectivity index (χ1v) is 14.0. The lowest BCUT2D eigenvalue weighted by Crippen LogP contribution is -2.65. The lowest BCUT2D eigenvalue weighted by atomic mass is 9.65. The molecule has 7 heteroatoms. The monoisotopic (exact) mass is 444 g/mol. The molecule has 1 saturated heterocycles. The molecule has 1 aromatic rings. The van der Waals surface area contributed by atoms with Gasteiger partial charge >= 0.3 is 5.97 Å². The summed E-state index contributed by atoms with van der Waals surface area (Å²) >= 11 is 0. The molecular formula is C24H36N2O4Si. The van der Waals surface area contributed by atoms with Gasteiger partial charge in [-0.3, -0.25) is 4.79 Å². The second kappa shape index (κ2) is 8.23. The Kier molecular flexibility index (Phi) is 6.31. The number of fused-ring (bicyclic) bond motifs is 3. The van der Waals surface area contributed by atoms with E-state index in [0.29, 0.717) is 19.4 Å². The first kappa shape index (κ1) is 23.8. The zero-order valence-electron chi connectivity index (χ0n) is 19.7. The number of hydrogen-bond donors (Lipinski definition) is 1. The van der Waals surface area contributed by atoms with Crippen molar-refractivity contribution < 1.29 is 19.1 Å². The van der Waals surface area contributed by atoms with Gasteiger partial charge in [-0.1, -0.05) is 39.0 Å². The molecule has 0 unspecified atom stereocenters. The van der Waals surface area contributed by atoms with Gasteiger partial charge in [0.15, 0.2) is 8.32 Å². The van der Waals surface area contributed by atoms with Crippen LogP contribution in [0.3, 0.4) is 0 Å². The largest absolute Gasteiger partial charge is 0.468 e. The zero-order chi connectivity index (χ0) is 23.1. The topological polar surface area (TPSA) is 82.8 Å². The van der Waals surface area contributed by atoms with E-state index < -0.39 is 31.3 Å². The number of aliphatic hydroxyl groups is 1. The van der Waals surface area contributed by atoms with E-state index in [-0.39, 0.29) is 11.5 Å². The number of carbonyl (C=O) groups is 1. The third-order valence-electron chi connectivity index (χ3n) is 7.70. The van der Waals surface area contributed by atoms with Crippen LogP contribution in [0.1, 0.15) is 52.0 Å². The average molecular weight is 445 g/mol. The number of ether oxygens (including phenoxy) is 1. The standard InChI is InChI=1S/C24H36N2O4Si/c1-22(2,3)31(5,6)30-17-14-23(28)12-9-16-26-19-11-8-7-10-18(19)24(13-15-25,20(23)26)21(27)29-4/h7-8,10-11,20,28H,9,12-14,16-17H2,1-6H3/t20-,23+,24-/m0/s1. The molecule has 2 heterocycles. The Morgan fingerprint density at radius 3 is 2.65 bits per heavy atom. The number of methoxy groups -OCH3 is 1. The number of rotatable bonds is 6. The number of carbonyl (C=O) groups excluding carboxylic acids is 1. The third-order valence-corrected chi connectivity index (χ3v) is 12.2. The number of anilines is 1. The summed E-state index contributed by atoms with van der Waals surface area (Å²) in [6.45, 7) is 12.1. The highest BCUT2D eigenvalue weighted by Gasteiger charge is 2.64. The van der Waals surface area contributed by atoms with Gasteiger partial charge in [0.2, 0.25) is 0 Å². The Bertz CT molecular complexity index is 875. The number of piperidine rings is 1. The van der Waals surface area contributed by atoms with Crippen molar-refractivity contribution in [3.63, 3.8) is 0 Å².